The molecular formula is C74H27F30N7. The molecule has 0 saturated carbocycles. The highest BCUT2D eigenvalue weighted by Gasteiger charge is 2.43. The first-order valence-corrected chi connectivity index (χ1v) is 31.5. The maximum atomic E-state index is 17.4. The molecule has 0 saturated heterocycles. The van der Waals surface area contributed by atoms with Crippen molar-refractivity contribution in [3.05, 3.63) is 331 Å². The molecule has 2 N–H and O–H groups in total. The highest BCUT2D eigenvalue weighted by atomic mass is 19.2. The van der Waals surface area contributed by atoms with Crippen molar-refractivity contribution in [2.75, 3.05) is 19.6 Å². The number of benzene rings is 6. The maximum absolute atomic E-state index is 17.4. The van der Waals surface area contributed by atoms with Crippen molar-refractivity contribution < 1.29 is 132 Å². The van der Waals surface area contributed by atoms with Crippen LogP contribution in [0.4, 0.5) is 132 Å². The summed E-state index contributed by atoms with van der Waals surface area (Å²) in [6, 6.07) is 2.88. The molecule has 111 heavy (non-hydrogen) atoms. The van der Waals surface area contributed by atoms with Gasteiger partial charge < -0.3 is 23.8 Å². The van der Waals surface area contributed by atoms with Crippen LogP contribution in [0.3, 0.4) is 0 Å². The molecule has 0 fully saturated rings. The Morgan fingerprint density at radius 3 is 1.14 bits per heavy atom. The first kappa shape index (κ1) is 74.3. The number of aromatic amines is 2. The van der Waals surface area contributed by atoms with Crippen molar-refractivity contribution in [2.45, 2.75) is 19.9 Å². The van der Waals surface area contributed by atoms with Crippen LogP contribution in [0.2, 0.25) is 0 Å². The molecule has 1 atom stereocenters. The van der Waals surface area contributed by atoms with Gasteiger partial charge in [-0.1, -0.05) is 13.8 Å². The highest BCUT2D eigenvalue weighted by Crippen LogP contribution is 2.47. The molecule has 6 aromatic carbocycles. The van der Waals surface area contributed by atoms with Crippen molar-refractivity contribution in [3.63, 3.8) is 0 Å². The van der Waals surface area contributed by atoms with E-state index in [1.807, 2.05) is 0 Å². The molecule has 0 unspecified atom stereocenters. The Bertz CT molecular complexity index is 6430. The zero-order valence-corrected chi connectivity index (χ0v) is 54.2. The van der Waals surface area contributed by atoms with E-state index in [0.717, 1.165) is 0 Å². The van der Waals surface area contributed by atoms with Gasteiger partial charge in [-0.3, -0.25) is 0 Å². The minimum Gasteiger partial charge on any atom is -0.354 e. The fourth-order valence-corrected chi connectivity index (χ4v) is 14.0. The van der Waals surface area contributed by atoms with E-state index in [1.165, 1.54) is 18.7 Å². The second-order valence-corrected chi connectivity index (χ2v) is 24.6. The van der Waals surface area contributed by atoms with Gasteiger partial charge >= 0.3 is 0 Å². The zero-order chi connectivity index (χ0) is 80.1. The van der Waals surface area contributed by atoms with Gasteiger partial charge in [0.15, 0.2) is 140 Å². The predicted molar refractivity (Wildman–Crippen MR) is 329 cm³/mol. The summed E-state index contributed by atoms with van der Waals surface area (Å²) in [5, 5.41) is -4.96. The first-order valence-electron chi connectivity index (χ1n) is 31.5. The van der Waals surface area contributed by atoms with Crippen molar-refractivity contribution in [2.24, 2.45) is 4.99 Å². The van der Waals surface area contributed by atoms with Gasteiger partial charge in [0.25, 0.3) is 0 Å². The van der Waals surface area contributed by atoms with Gasteiger partial charge in [0.1, 0.15) is 0 Å². The standard InChI is InChI=1S/C74H27F30N7/c1-3-109(4-2)17-31-30-16-18-15-25-34(40-48(79)60(91)70(101)61(92)49(40)80)23-8-7-21(106-23)32(38-44(75)56(87)68(99)57(88)45(38)76)19-5-6-20(105-19)33(39-46(77)58(89)69(100)59(90)47(39)78)22-9-10-24(107-22)35(41-50(81)62(93)71(102)63(94)51(41)82)26-11-12-28(111(26)31)36(42-52(83)64(95)72(103)65(96)53(42)84)27-13-14-29(110(27)30)37(74(18)108-25)43-54(85)66(97)73(104)67(98)55(43)86/h5-16,31,106-107H,3-4,17H2,1-2H3/t31-/m0/s1. The molecule has 5 aliphatic rings. The molecule has 9 heterocycles. The third kappa shape index (κ3) is 10.5. The molecule has 568 valence electrons. The van der Waals surface area contributed by atoms with Crippen LogP contribution in [0.5, 0.6) is 0 Å². The van der Waals surface area contributed by atoms with Crippen LogP contribution >= 0.6 is 0 Å². The van der Waals surface area contributed by atoms with Gasteiger partial charge in [0.05, 0.1) is 84.1 Å². The fraction of sp³-hybridized carbons (Fsp3) is 0.0811. The molecule has 0 amide bonds. The Balaban J connectivity index is 1.29. The molecule has 15 rings (SSSR count). The third-order valence-electron chi connectivity index (χ3n) is 19.0. The first-order chi connectivity index (χ1) is 52.5. The topological polar surface area (TPSA) is 69.4 Å². The molecular weight excluding hydrogens is 1560 g/mol. The Morgan fingerprint density at radius 2 is 0.703 bits per heavy atom. The summed E-state index contributed by atoms with van der Waals surface area (Å²) in [5.74, 6) is -85.9. The fourth-order valence-electron chi connectivity index (χ4n) is 14.0. The number of allylic oxidation sites excluding steroid dienone is 2. The lowest BCUT2D eigenvalue weighted by Gasteiger charge is -2.30. The molecule has 10 bridgehead atoms. The maximum Gasteiger partial charge on any atom is 0.200 e. The molecule has 0 radical (unpaired) electrons. The third-order valence-corrected chi connectivity index (χ3v) is 19.0. The number of fused-ring (bicyclic) bond motifs is 6. The van der Waals surface area contributed by atoms with Gasteiger partial charge in [0, 0.05) is 73.3 Å². The van der Waals surface area contributed by atoms with Crippen LogP contribution in [0.25, 0.3) is 55.8 Å². The van der Waals surface area contributed by atoms with Crippen molar-refractivity contribution in [3.8, 4) is 22.4 Å². The lowest BCUT2D eigenvalue weighted by molar-refractivity contribution is 0.266. The van der Waals surface area contributed by atoms with Gasteiger partial charge in [-0.2, -0.15) is 0 Å². The Kier molecular flexibility index (Phi) is 17.6. The predicted octanol–water partition coefficient (Wildman–Crippen LogP) is 16.7. The molecule has 4 aromatic heterocycles. The lowest BCUT2D eigenvalue weighted by Crippen LogP contribution is -2.33. The summed E-state index contributed by atoms with van der Waals surface area (Å²) >= 11 is 0. The second-order valence-electron chi connectivity index (χ2n) is 24.6. The number of nitrogens with zero attached hydrogens (tertiary/aromatic N) is 5. The molecule has 0 spiro atoms. The molecule has 7 nitrogen and oxygen atoms in total. The zero-order valence-electron chi connectivity index (χ0n) is 54.2. The smallest absolute Gasteiger partial charge is 0.200 e. The molecule has 5 aliphatic heterocycles. The van der Waals surface area contributed by atoms with Crippen molar-refractivity contribution in [1.82, 2.24) is 28.8 Å². The van der Waals surface area contributed by atoms with E-state index in [0.29, 0.717) is 81.8 Å². The van der Waals surface area contributed by atoms with Gasteiger partial charge in [-0.15, -0.1) is 0 Å². The molecule has 0 aliphatic carbocycles. The number of aliphatic imine (C=N–C) groups is 1. The average Bonchev–Trinajstić information content (AvgIpc) is 1.54. The summed E-state index contributed by atoms with van der Waals surface area (Å²) in [4.78, 5) is 14.0. The van der Waals surface area contributed by atoms with Gasteiger partial charge in [-0.25, -0.2) is 142 Å². The summed E-state index contributed by atoms with van der Waals surface area (Å²) in [5.41, 5.74) is -34.1. The summed E-state index contributed by atoms with van der Waals surface area (Å²) in [6.45, 7) is 1.36. The minimum atomic E-state index is -2.94. The number of aromatic nitrogens is 5. The Hall–Kier alpha value is -12.2. The number of hydrogen-bond donors (Lipinski definition) is 2. The van der Waals surface area contributed by atoms with Crippen LogP contribution in [-0.2, 0) is 0 Å². The van der Waals surface area contributed by atoms with Crippen LogP contribution in [-0.4, -0.2) is 54.2 Å². The summed E-state index contributed by atoms with van der Waals surface area (Å²) in [6.07, 6.45) is 0.799. The Morgan fingerprint density at radius 1 is 0.342 bits per heavy atom. The normalized spacial score (nSPS) is 14.3. The highest BCUT2D eigenvalue weighted by molar-refractivity contribution is 6.30. The lowest BCUT2D eigenvalue weighted by atomic mass is 9.98. The number of hydrogen-bond acceptors (Lipinski definition) is 3. The van der Waals surface area contributed by atoms with E-state index in [2.05, 4.69) is 19.9 Å². The largest absolute Gasteiger partial charge is 0.354 e. The van der Waals surface area contributed by atoms with E-state index >= 15 is 132 Å². The molecule has 37 heteroatoms. The Labute approximate surface area is 595 Å². The quantitative estimate of drug-likeness (QED) is 0.0814. The van der Waals surface area contributed by atoms with E-state index < -0.39 is 332 Å². The van der Waals surface area contributed by atoms with E-state index in [1.54, 1.807) is 0 Å². The number of likely N-dealkylation sites (N-methyl/N-ethyl adjacent to an activating group) is 1. The number of rotatable bonds is 10. The van der Waals surface area contributed by atoms with Crippen LogP contribution < -0.4 is 21.4 Å². The number of H-pyrrole nitrogens is 2. The van der Waals surface area contributed by atoms with E-state index in [9.17, 15) is 0 Å². The average molecular weight is 1580 g/mol. The number of nitrogens with one attached hydrogen (secondary N) is 2. The van der Waals surface area contributed by atoms with Crippen molar-refractivity contribution in [1.29, 1.82) is 0 Å². The minimum absolute atomic E-state index is 0.259. The summed E-state index contributed by atoms with van der Waals surface area (Å²) in [7, 11) is 0. The van der Waals surface area contributed by atoms with Crippen LogP contribution in [0.15, 0.2) is 83.5 Å². The van der Waals surface area contributed by atoms with Gasteiger partial charge in [-0.05, 0) is 85.9 Å². The second kappa shape index (κ2) is 26.3. The molecule has 10 aromatic rings. The van der Waals surface area contributed by atoms with Crippen LogP contribution in [0, 0.1) is 175 Å². The van der Waals surface area contributed by atoms with E-state index in [4.69, 9.17) is 0 Å². The van der Waals surface area contributed by atoms with Crippen molar-refractivity contribution >= 4 is 39.1 Å². The van der Waals surface area contributed by atoms with Crippen LogP contribution in [0.1, 0.15) is 76.2 Å². The van der Waals surface area contributed by atoms with E-state index in [-0.39, 0.29) is 13.1 Å². The van der Waals surface area contributed by atoms with Gasteiger partial charge in [0.2, 0.25) is 34.9 Å². The number of halogens is 30. The summed E-state index contributed by atoms with van der Waals surface area (Å²) < 4.78 is 490. The SMILES string of the molecule is CCN(CC)C[C@H]1c2cc3cc4nc-3c(-c3c(F)c(F)c(F)c(F)c3F)c3ccc(n23)=C(c2c(F)c(F)c(F)c(F)c2F)c2ccc(n21)C(c1c(F)c(F)c(F)c(F)c1F)=c1ccc([nH]1)=C(c1c(F)c(F)c(F)c(F)c1F)C1=NC(=C(c2c(F)c(F)c(F)c(F)c2F)c2ccc([nH]2)C=4c2c(F)c(F)c(F)c(F)c2F)C=C1. The monoisotopic (exact) mass is 1580 g/mol.